The summed E-state index contributed by atoms with van der Waals surface area (Å²) in [5.74, 6) is -1.09. The van der Waals surface area contributed by atoms with E-state index in [1.807, 2.05) is 0 Å². The van der Waals surface area contributed by atoms with Crippen LogP contribution in [0, 0.1) is 10.1 Å². The molecule has 2 heterocycles. The predicted octanol–water partition coefficient (Wildman–Crippen LogP) is 3.16. The molecule has 0 aliphatic heterocycles. The van der Waals surface area contributed by atoms with Crippen LogP contribution in [0.25, 0.3) is 21.0 Å². The lowest BCUT2D eigenvalue weighted by Gasteiger charge is -1.91. The lowest BCUT2D eigenvalue weighted by atomic mass is 10.2. The number of carboxylic acid groups (broad SMARTS) is 1. The van der Waals surface area contributed by atoms with Gasteiger partial charge >= 0.3 is 11.9 Å². The first-order chi connectivity index (χ1) is 9.54. The lowest BCUT2D eigenvalue weighted by Crippen LogP contribution is -1.94. The molecule has 100 valence electrons. The van der Waals surface area contributed by atoms with E-state index < -0.39 is 10.9 Å². The molecule has 0 fully saturated rings. The van der Waals surface area contributed by atoms with Crippen molar-refractivity contribution < 1.29 is 19.2 Å². The molecule has 3 aromatic rings. The number of furan rings is 1. The van der Waals surface area contributed by atoms with Gasteiger partial charge in [0.1, 0.15) is 4.92 Å². The van der Waals surface area contributed by atoms with Crippen molar-refractivity contribution in [1.29, 1.82) is 0 Å². The smallest absolute Gasteiger partial charge is 0.433 e. The number of hydrogen-bond donors (Lipinski definition) is 1. The average molecular weight is 290 g/mol. The molecule has 0 bridgehead atoms. The number of rotatable bonds is 3. The van der Waals surface area contributed by atoms with Crippen molar-refractivity contribution in [3.8, 4) is 10.8 Å². The van der Waals surface area contributed by atoms with Gasteiger partial charge < -0.3 is 9.52 Å². The van der Waals surface area contributed by atoms with Gasteiger partial charge in [-0.15, -0.1) is 11.3 Å². The third kappa shape index (κ3) is 2.01. The van der Waals surface area contributed by atoms with E-state index in [4.69, 9.17) is 9.52 Å². The highest BCUT2D eigenvalue weighted by Crippen LogP contribution is 2.33. The molecule has 0 spiro atoms. The van der Waals surface area contributed by atoms with Crippen LogP contribution in [-0.2, 0) is 0 Å². The van der Waals surface area contributed by atoms with Gasteiger partial charge in [0.15, 0.2) is 10.8 Å². The highest BCUT2D eigenvalue weighted by atomic mass is 32.1. The Kier molecular flexibility index (Phi) is 2.72. The summed E-state index contributed by atoms with van der Waals surface area (Å²) < 4.78 is 5.75. The summed E-state index contributed by atoms with van der Waals surface area (Å²) in [4.78, 5) is 25.1. The topological polar surface area (TPSA) is 106 Å². The molecule has 0 aliphatic rings. The zero-order valence-corrected chi connectivity index (χ0v) is 10.6. The molecule has 7 nitrogen and oxygen atoms in total. The lowest BCUT2D eigenvalue weighted by molar-refractivity contribution is -0.401. The Morgan fingerprint density at radius 2 is 2.15 bits per heavy atom. The first-order valence-electron chi connectivity index (χ1n) is 5.43. The number of nitrogens with zero attached hydrogens (tertiary/aromatic N) is 2. The molecule has 8 heteroatoms. The second kappa shape index (κ2) is 4.42. The van der Waals surface area contributed by atoms with Crippen LogP contribution in [0.15, 0.2) is 34.7 Å². The molecule has 20 heavy (non-hydrogen) atoms. The quantitative estimate of drug-likeness (QED) is 0.586. The number of aromatic carboxylic acids is 1. The summed E-state index contributed by atoms with van der Waals surface area (Å²) in [5.41, 5.74) is 0.784. The molecule has 0 saturated heterocycles. The van der Waals surface area contributed by atoms with E-state index in [-0.39, 0.29) is 17.2 Å². The zero-order valence-electron chi connectivity index (χ0n) is 9.77. The Bertz CT molecular complexity index is 835. The van der Waals surface area contributed by atoms with Gasteiger partial charge in [-0.1, -0.05) is 0 Å². The fourth-order valence-electron chi connectivity index (χ4n) is 1.70. The van der Waals surface area contributed by atoms with Gasteiger partial charge in [0.05, 0.1) is 21.8 Å². The fourth-order valence-corrected chi connectivity index (χ4v) is 2.67. The second-order valence-electron chi connectivity index (χ2n) is 3.90. The van der Waals surface area contributed by atoms with Crippen LogP contribution in [0.3, 0.4) is 0 Å². The predicted molar refractivity (Wildman–Crippen MR) is 70.9 cm³/mol. The van der Waals surface area contributed by atoms with E-state index >= 15 is 0 Å². The Morgan fingerprint density at radius 3 is 2.80 bits per heavy atom. The van der Waals surface area contributed by atoms with E-state index in [0.29, 0.717) is 15.2 Å². The Morgan fingerprint density at radius 1 is 1.35 bits per heavy atom. The van der Waals surface area contributed by atoms with E-state index in [2.05, 4.69) is 4.98 Å². The largest absolute Gasteiger partial charge is 0.478 e. The third-order valence-corrected chi connectivity index (χ3v) is 3.65. The van der Waals surface area contributed by atoms with Crippen LogP contribution in [0.2, 0.25) is 0 Å². The minimum absolute atomic E-state index is 0.165. The second-order valence-corrected chi connectivity index (χ2v) is 4.93. The van der Waals surface area contributed by atoms with Crippen LogP contribution in [0.4, 0.5) is 5.88 Å². The van der Waals surface area contributed by atoms with Gasteiger partial charge in [0.25, 0.3) is 0 Å². The third-order valence-electron chi connectivity index (χ3n) is 2.62. The number of hydrogen-bond acceptors (Lipinski definition) is 6. The van der Waals surface area contributed by atoms with Crippen molar-refractivity contribution in [3.63, 3.8) is 0 Å². The molecule has 3 rings (SSSR count). The molecule has 1 aromatic carbocycles. The van der Waals surface area contributed by atoms with Crippen LogP contribution >= 0.6 is 11.3 Å². The number of fused-ring (bicyclic) bond motifs is 1. The molecule has 0 atom stereocenters. The summed E-state index contributed by atoms with van der Waals surface area (Å²) in [6.45, 7) is 0. The maximum absolute atomic E-state index is 10.9. The van der Waals surface area contributed by atoms with Gasteiger partial charge in [-0.2, -0.15) is 0 Å². The highest BCUT2D eigenvalue weighted by molar-refractivity contribution is 7.21. The van der Waals surface area contributed by atoms with Crippen molar-refractivity contribution in [2.75, 3.05) is 0 Å². The van der Waals surface area contributed by atoms with Gasteiger partial charge in [-0.25, -0.2) is 9.78 Å². The van der Waals surface area contributed by atoms with Crippen molar-refractivity contribution in [2.24, 2.45) is 0 Å². The molecular weight excluding hydrogens is 284 g/mol. The number of thiazole rings is 1. The molecule has 1 N–H and O–H groups in total. The maximum Gasteiger partial charge on any atom is 0.433 e. The SMILES string of the molecule is O=C(O)c1ccc2nc(-c3ccc([N+](=O)[O-])o3)sc2c1. The van der Waals surface area contributed by atoms with Crippen molar-refractivity contribution >= 4 is 33.4 Å². The van der Waals surface area contributed by atoms with Gasteiger partial charge in [0, 0.05) is 0 Å². The number of benzene rings is 1. The van der Waals surface area contributed by atoms with Crippen LogP contribution in [0.1, 0.15) is 10.4 Å². The normalized spacial score (nSPS) is 10.8. The average Bonchev–Trinajstić information content (AvgIpc) is 3.04. The minimum atomic E-state index is -1.02. The van der Waals surface area contributed by atoms with E-state index in [9.17, 15) is 14.9 Å². The van der Waals surface area contributed by atoms with Crippen molar-refractivity contribution in [3.05, 3.63) is 46.0 Å². The summed E-state index contributed by atoms with van der Waals surface area (Å²) in [6, 6.07) is 7.28. The Balaban J connectivity index is 2.07. The van der Waals surface area contributed by atoms with E-state index in [1.165, 1.54) is 35.6 Å². The highest BCUT2D eigenvalue weighted by Gasteiger charge is 2.16. The van der Waals surface area contributed by atoms with Gasteiger partial charge in [0.2, 0.25) is 0 Å². The monoisotopic (exact) mass is 290 g/mol. The minimum Gasteiger partial charge on any atom is -0.478 e. The summed E-state index contributed by atoms with van der Waals surface area (Å²) in [6.07, 6.45) is 0. The molecule has 0 unspecified atom stereocenters. The molecule has 0 aliphatic carbocycles. The standard InChI is InChI=1S/C12H6N2O5S/c15-12(16)6-1-2-7-9(5-6)20-11(13-7)8-3-4-10(19-8)14(17)18/h1-5H,(H,15,16). The van der Waals surface area contributed by atoms with E-state index in [0.717, 1.165) is 0 Å². The summed E-state index contributed by atoms with van der Waals surface area (Å²) >= 11 is 1.22. The van der Waals surface area contributed by atoms with Crippen LogP contribution in [-0.4, -0.2) is 21.0 Å². The summed E-state index contributed by atoms with van der Waals surface area (Å²) in [7, 11) is 0. The molecule has 2 aromatic heterocycles. The number of nitro groups is 1. The fraction of sp³-hybridized carbons (Fsp3) is 0. The van der Waals surface area contributed by atoms with Crippen LogP contribution in [0.5, 0.6) is 0 Å². The molecule has 0 amide bonds. The summed E-state index contributed by atoms with van der Waals surface area (Å²) in [5, 5.41) is 20.0. The van der Waals surface area contributed by atoms with Crippen molar-refractivity contribution in [1.82, 2.24) is 4.98 Å². The molecule has 0 saturated carbocycles. The van der Waals surface area contributed by atoms with Crippen molar-refractivity contribution in [2.45, 2.75) is 0 Å². The number of carboxylic acids is 1. The number of aromatic nitrogens is 1. The molecular formula is C12H6N2O5S. The van der Waals surface area contributed by atoms with Gasteiger partial charge in [-0.3, -0.25) is 10.1 Å². The number of carbonyl (C=O) groups is 1. The first kappa shape index (κ1) is 12.3. The Hall–Kier alpha value is -2.74. The zero-order chi connectivity index (χ0) is 14.3. The Labute approximate surface area is 115 Å². The van der Waals surface area contributed by atoms with Crippen LogP contribution < -0.4 is 0 Å². The maximum atomic E-state index is 10.9. The molecule has 0 radical (unpaired) electrons. The van der Waals surface area contributed by atoms with E-state index in [1.54, 1.807) is 6.07 Å². The van der Waals surface area contributed by atoms with Gasteiger partial charge in [-0.05, 0) is 24.3 Å². The first-order valence-corrected chi connectivity index (χ1v) is 6.25.